The van der Waals surface area contributed by atoms with E-state index in [2.05, 4.69) is 11.4 Å². The number of nitrogens with one attached hydrogen (secondary N) is 1. The first kappa shape index (κ1) is 21.2. The highest BCUT2D eigenvalue weighted by Crippen LogP contribution is 2.35. The minimum atomic E-state index is -3.96. The summed E-state index contributed by atoms with van der Waals surface area (Å²) in [5.41, 5.74) is 1.54. The van der Waals surface area contributed by atoms with E-state index in [-0.39, 0.29) is 17.3 Å². The largest absolute Gasteiger partial charge is 0.486 e. The van der Waals surface area contributed by atoms with Gasteiger partial charge in [0.2, 0.25) is 5.91 Å². The second kappa shape index (κ2) is 9.43. The lowest BCUT2D eigenvalue weighted by atomic mass is 10.00. The van der Waals surface area contributed by atoms with Gasteiger partial charge in [-0.1, -0.05) is 29.8 Å². The maximum Gasteiger partial charge on any atom is 0.264 e. The third kappa shape index (κ3) is 5.02. The Morgan fingerprint density at radius 2 is 1.77 bits per heavy atom. The molecule has 0 bridgehead atoms. The summed E-state index contributed by atoms with van der Waals surface area (Å²) >= 11 is 0. The van der Waals surface area contributed by atoms with E-state index >= 15 is 0 Å². The average Bonchev–Trinajstić information content (AvgIpc) is 2.82. The summed E-state index contributed by atoms with van der Waals surface area (Å²) < 4.78 is 39.1. The molecule has 0 fully saturated rings. The number of sulfonamides is 1. The van der Waals surface area contributed by atoms with Crippen LogP contribution in [-0.2, 0) is 14.8 Å². The van der Waals surface area contributed by atoms with Crippen LogP contribution in [0.5, 0.6) is 11.5 Å². The van der Waals surface area contributed by atoms with E-state index in [9.17, 15) is 13.2 Å². The van der Waals surface area contributed by atoms with Crippen molar-refractivity contribution in [1.29, 1.82) is 0 Å². The van der Waals surface area contributed by atoms with Gasteiger partial charge in [0.15, 0.2) is 11.5 Å². The number of carbonyl (C=O) groups excluding carboxylic acids is 1. The third-order valence-corrected chi connectivity index (χ3v) is 7.12. The molecule has 31 heavy (non-hydrogen) atoms. The van der Waals surface area contributed by atoms with Crippen molar-refractivity contribution in [2.45, 2.75) is 30.6 Å². The Kier molecular flexibility index (Phi) is 6.46. The number of benzene rings is 2. The number of hydrogen-bond donors (Lipinski definition) is 1. The van der Waals surface area contributed by atoms with Gasteiger partial charge in [-0.05, 0) is 49.9 Å². The second-order valence-electron chi connectivity index (χ2n) is 7.54. The van der Waals surface area contributed by atoms with Gasteiger partial charge >= 0.3 is 0 Å². The second-order valence-corrected chi connectivity index (χ2v) is 9.40. The van der Waals surface area contributed by atoms with Crippen molar-refractivity contribution in [2.75, 3.05) is 30.6 Å². The van der Waals surface area contributed by atoms with Gasteiger partial charge in [0, 0.05) is 12.6 Å². The lowest BCUT2D eigenvalue weighted by Crippen LogP contribution is -2.41. The molecule has 7 nitrogen and oxygen atoms in total. The number of nitrogens with zero attached hydrogens (tertiary/aromatic N) is 1. The maximum absolute atomic E-state index is 13.4. The number of fused-ring (bicyclic) bond motifs is 1. The van der Waals surface area contributed by atoms with E-state index in [1.807, 2.05) is 0 Å². The van der Waals surface area contributed by atoms with Crippen LogP contribution in [-0.4, -0.2) is 40.6 Å². The van der Waals surface area contributed by atoms with Crippen LogP contribution in [0.25, 0.3) is 0 Å². The van der Waals surface area contributed by atoms with Crippen molar-refractivity contribution in [3.8, 4) is 11.5 Å². The van der Waals surface area contributed by atoms with Crippen LogP contribution in [0.15, 0.2) is 65.1 Å². The zero-order chi connectivity index (χ0) is 21.7. The Hall–Kier alpha value is -3.00. The molecule has 8 heteroatoms. The highest BCUT2D eigenvalue weighted by molar-refractivity contribution is 7.92. The van der Waals surface area contributed by atoms with Crippen molar-refractivity contribution in [2.24, 2.45) is 0 Å². The van der Waals surface area contributed by atoms with Crippen LogP contribution in [0.3, 0.4) is 0 Å². The SMILES string of the molecule is O=C(CN(c1ccc2c(c1)OCCO2)S(=O)(=O)c1ccccc1)NCC1=CCCCC1. The molecular weight excluding hydrogens is 416 g/mol. The summed E-state index contributed by atoms with van der Waals surface area (Å²) in [5, 5.41) is 2.87. The molecule has 2 aromatic rings. The molecule has 2 aromatic carbocycles. The van der Waals surface area contributed by atoms with Gasteiger partial charge in [0.05, 0.1) is 10.6 Å². The quantitative estimate of drug-likeness (QED) is 0.666. The minimum absolute atomic E-state index is 0.118. The van der Waals surface area contributed by atoms with Gasteiger partial charge in [-0.2, -0.15) is 0 Å². The van der Waals surface area contributed by atoms with Crippen molar-refractivity contribution < 1.29 is 22.7 Å². The lowest BCUT2D eigenvalue weighted by Gasteiger charge is -2.26. The molecule has 164 valence electrons. The van der Waals surface area contributed by atoms with Crippen LogP contribution in [0, 0.1) is 0 Å². The molecule has 0 saturated carbocycles. The van der Waals surface area contributed by atoms with Crippen LogP contribution in [0.4, 0.5) is 5.69 Å². The normalized spacial score (nSPS) is 15.7. The molecule has 2 aliphatic rings. The molecule has 1 aliphatic carbocycles. The summed E-state index contributed by atoms with van der Waals surface area (Å²) in [6.07, 6.45) is 6.44. The first-order valence-electron chi connectivity index (χ1n) is 10.5. The van der Waals surface area contributed by atoms with Gasteiger partial charge in [-0.25, -0.2) is 8.42 Å². The lowest BCUT2D eigenvalue weighted by molar-refractivity contribution is -0.119. The van der Waals surface area contributed by atoms with Crippen LogP contribution < -0.4 is 19.1 Å². The van der Waals surface area contributed by atoms with Crippen molar-refractivity contribution in [3.63, 3.8) is 0 Å². The summed E-state index contributed by atoms with van der Waals surface area (Å²) in [4.78, 5) is 12.9. The summed E-state index contributed by atoms with van der Waals surface area (Å²) in [6.45, 7) is 0.942. The molecule has 0 saturated heterocycles. The minimum Gasteiger partial charge on any atom is -0.486 e. The predicted octanol–water partition coefficient (Wildman–Crippen LogP) is 3.27. The van der Waals surface area contributed by atoms with E-state index in [0.29, 0.717) is 36.9 Å². The number of anilines is 1. The van der Waals surface area contributed by atoms with E-state index in [0.717, 1.165) is 23.6 Å². The highest BCUT2D eigenvalue weighted by Gasteiger charge is 2.28. The topological polar surface area (TPSA) is 84.9 Å². The summed E-state index contributed by atoms with van der Waals surface area (Å²) in [7, 11) is -3.96. The van der Waals surface area contributed by atoms with Gasteiger partial charge in [0.25, 0.3) is 10.0 Å². The fourth-order valence-corrected chi connectivity index (χ4v) is 5.12. The molecule has 1 heterocycles. The van der Waals surface area contributed by atoms with E-state index in [4.69, 9.17) is 9.47 Å². The first-order valence-corrected chi connectivity index (χ1v) is 11.9. The number of carbonyl (C=O) groups is 1. The maximum atomic E-state index is 13.4. The Bertz CT molecular complexity index is 1070. The van der Waals surface area contributed by atoms with Gasteiger partial charge in [-0.3, -0.25) is 9.10 Å². The van der Waals surface area contributed by atoms with E-state index in [1.54, 1.807) is 36.4 Å². The Morgan fingerprint density at radius 1 is 1.00 bits per heavy atom. The zero-order valence-electron chi connectivity index (χ0n) is 17.2. The number of amides is 1. The number of rotatable bonds is 7. The predicted molar refractivity (Wildman–Crippen MR) is 118 cm³/mol. The summed E-state index contributed by atoms with van der Waals surface area (Å²) in [6, 6.07) is 13.0. The van der Waals surface area contributed by atoms with Crippen molar-refractivity contribution in [3.05, 3.63) is 60.2 Å². The molecule has 0 unspecified atom stereocenters. The van der Waals surface area contributed by atoms with Crippen LogP contribution in [0.2, 0.25) is 0 Å². The monoisotopic (exact) mass is 442 g/mol. The highest BCUT2D eigenvalue weighted by atomic mass is 32.2. The number of hydrogen-bond acceptors (Lipinski definition) is 5. The molecule has 0 aromatic heterocycles. The van der Waals surface area contributed by atoms with Gasteiger partial charge in [0.1, 0.15) is 19.8 Å². The number of allylic oxidation sites excluding steroid dienone is 1. The number of ether oxygens (including phenoxy) is 2. The molecule has 0 atom stereocenters. The molecule has 1 aliphatic heterocycles. The van der Waals surface area contributed by atoms with E-state index < -0.39 is 10.0 Å². The van der Waals surface area contributed by atoms with Crippen molar-refractivity contribution in [1.82, 2.24) is 5.32 Å². The molecule has 0 spiro atoms. The Balaban J connectivity index is 1.60. The van der Waals surface area contributed by atoms with Gasteiger partial charge < -0.3 is 14.8 Å². The Morgan fingerprint density at radius 3 is 2.52 bits per heavy atom. The first-order chi connectivity index (χ1) is 15.0. The zero-order valence-corrected chi connectivity index (χ0v) is 18.1. The average molecular weight is 443 g/mol. The van der Waals surface area contributed by atoms with Crippen LogP contribution >= 0.6 is 0 Å². The molecule has 1 N–H and O–H groups in total. The van der Waals surface area contributed by atoms with E-state index in [1.165, 1.54) is 24.1 Å². The smallest absolute Gasteiger partial charge is 0.264 e. The Labute approximate surface area is 182 Å². The fourth-order valence-electron chi connectivity index (χ4n) is 3.69. The van der Waals surface area contributed by atoms with Gasteiger partial charge in [-0.15, -0.1) is 0 Å². The summed E-state index contributed by atoms with van der Waals surface area (Å²) in [5.74, 6) is 0.659. The molecule has 1 amide bonds. The fraction of sp³-hybridized carbons (Fsp3) is 0.348. The molecule has 4 rings (SSSR count). The van der Waals surface area contributed by atoms with Crippen LogP contribution in [0.1, 0.15) is 25.7 Å². The molecule has 0 radical (unpaired) electrons. The third-order valence-electron chi connectivity index (χ3n) is 5.33. The van der Waals surface area contributed by atoms with Crippen molar-refractivity contribution >= 4 is 21.6 Å². The standard InChI is InChI=1S/C23H26N2O5S/c26-23(24-16-18-7-3-1-4-8-18)17-25(31(27,28)20-9-5-2-6-10-20)19-11-12-21-22(15-19)30-14-13-29-21/h2,5-7,9-12,15H,1,3-4,8,13-14,16-17H2,(H,24,26). The molecular formula is C23H26N2O5S.